The van der Waals surface area contributed by atoms with E-state index in [2.05, 4.69) is 76.1 Å². The van der Waals surface area contributed by atoms with Crippen molar-refractivity contribution in [2.24, 2.45) is 16.8 Å². The molecule has 4 rings (SSSR count). The summed E-state index contributed by atoms with van der Waals surface area (Å²) in [6, 6.07) is 4.92. The molecule has 1 aromatic rings. The average molecular weight is 436 g/mol. The molecule has 1 aromatic carbocycles. The third kappa shape index (κ3) is 3.21. The van der Waals surface area contributed by atoms with Crippen LogP contribution >= 0.6 is 0 Å². The van der Waals surface area contributed by atoms with Gasteiger partial charge in [-0.15, -0.1) is 0 Å². The number of amidine groups is 1. The molecule has 2 unspecified atom stereocenters. The predicted octanol–water partition coefficient (Wildman–Crippen LogP) is 7.16. The third-order valence-electron chi connectivity index (χ3n) is 8.06. The van der Waals surface area contributed by atoms with E-state index >= 15 is 0 Å². The molecule has 1 aliphatic carbocycles. The Bertz CT molecular complexity index is 1070. The summed E-state index contributed by atoms with van der Waals surface area (Å²) in [5.74, 6) is 0.174. The molecule has 32 heavy (non-hydrogen) atoms. The molecular weight excluding hydrogens is 397 g/mol. The lowest BCUT2D eigenvalue weighted by Gasteiger charge is -2.40. The van der Waals surface area contributed by atoms with Crippen LogP contribution in [0, 0.1) is 17.2 Å². The number of halogens is 1. The van der Waals surface area contributed by atoms with Crippen molar-refractivity contribution in [2.75, 3.05) is 0 Å². The second-order valence-corrected chi connectivity index (χ2v) is 11.4. The molecule has 172 valence electrons. The number of rotatable bonds is 4. The molecule has 0 fully saturated rings. The molecular formula is C28H38FN3. The topological polar surface area (TPSA) is 48.2 Å². The van der Waals surface area contributed by atoms with Gasteiger partial charge in [-0.25, -0.2) is 4.99 Å². The Balaban J connectivity index is 1.99. The normalized spacial score (nSPS) is 27.3. The van der Waals surface area contributed by atoms with Crippen molar-refractivity contribution >= 4 is 17.5 Å². The van der Waals surface area contributed by atoms with Crippen molar-refractivity contribution in [1.29, 1.82) is 5.41 Å². The van der Waals surface area contributed by atoms with Crippen molar-refractivity contribution in [3.05, 3.63) is 52.1 Å². The zero-order chi connectivity index (χ0) is 23.6. The lowest BCUT2D eigenvalue weighted by atomic mass is 9.68. The Kier molecular flexibility index (Phi) is 5.30. The van der Waals surface area contributed by atoms with Crippen LogP contribution < -0.4 is 5.32 Å². The van der Waals surface area contributed by atoms with Crippen LogP contribution in [0.4, 0.5) is 4.39 Å². The van der Waals surface area contributed by atoms with Gasteiger partial charge < -0.3 is 5.32 Å². The van der Waals surface area contributed by atoms with E-state index in [1.165, 1.54) is 22.3 Å². The summed E-state index contributed by atoms with van der Waals surface area (Å²) in [5.41, 5.74) is 8.54. The van der Waals surface area contributed by atoms with Crippen molar-refractivity contribution < 1.29 is 4.39 Å². The first kappa shape index (κ1) is 22.9. The van der Waals surface area contributed by atoms with E-state index in [1.54, 1.807) is 0 Å². The molecule has 0 saturated heterocycles. The average Bonchev–Trinajstić information content (AvgIpc) is 3.01. The number of benzene rings is 1. The monoisotopic (exact) mass is 435 g/mol. The molecule has 2 aliphatic heterocycles. The van der Waals surface area contributed by atoms with Gasteiger partial charge in [-0.3, -0.25) is 5.41 Å². The Labute approximate surface area is 192 Å². The van der Waals surface area contributed by atoms with Gasteiger partial charge in [0.2, 0.25) is 0 Å². The van der Waals surface area contributed by atoms with E-state index in [1.807, 2.05) is 13.8 Å². The predicted molar refractivity (Wildman–Crippen MR) is 133 cm³/mol. The SMILES string of the molecule is CCC1C(/C(=N/C(=N)F)C(C)C)=CC=C2NC1(CC)c1cc3c(cc12)C(C)(C)CC3(C)C. The molecule has 2 heterocycles. The summed E-state index contributed by atoms with van der Waals surface area (Å²) in [4.78, 5) is 4.05. The summed E-state index contributed by atoms with van der Waals surface area (Å²) < 4.78 is 13.6. The van der Waals surface area contributed by atoms with Crippen LogP contribution in [-0.2, 0) is 16.4 Å². The van der Waals surface area contributed by atoms with Crippen LogP contribution in [0.1, 0.15) is 96.9 Å². The number of allylic oxidation sites excluding steroid dienone is 2. The minimum absolute atomic E-state index is 0.0366. The van der Waals surface area contributed by atoms with E-state index < -0.39 is 6.09 Å². The van der Waals surface area contributed by atoms with Crippen molar-refractivity contribution in [1.82, 2.24) is 5.32 Å². The molecule has 0 aromatic heterocycles. The quantitative estimate of drug-likeness (QED) is 0.294. The van der Waals surface area contributed by atoms with E-state index in [9.17, 15) is 4.39 Å². The minimum atomic E-state index is -1.12. The number of hydrogen-bond donors (Lipinski definition) is 2. The Morgan fingerprint density at radius 1 is 1.09 bits per heavy atom. The standard InChI is InChI=1S/C28H38FN3/c1-9-19-17(24(16(3)4)31-25(29)30)11-12-23-18-13-21-22(27(7,8)15-26(21,5)6)14-20(18)28(19,10-2)32-23/h11-14,16,19,30,32H,9-10,15H2,1-8H3/b30-25?,31-24+. The number of hydrogen-bond acceptors (Lipinski definition) is 2. The minimum Gasteiger partial charge on any atom is -0.374 e. The first-order valence-corrected chi connectivity index (χ1v) is 12.1. The van der Waals surface area contributed by atoms with E-state index in [0.29, 0.717) is 5.71 Å². The molecule has 3 aliphatic rings. The molecule has 0 spiro atoms. The van der Waals surface area contributed by atoms with Crippen LogP contribution in [0.25, 0.3) is 5.70 Å². The molecule has 0 amide bonds. The van der Waals surface area contributed by atoms with Crippen molar-refractivity contribution in [3.63, 3.8) is 0 Å². The Hall–Kier alpha value is -2.23. The fraction of sp³-hybridized carbons (Fsp3) is 0.571. The highest BCUT2D eigenvalue weighted by atomic mass is 19.1. The Morgan fingerprint density at radius 2 is 1.72 bits per heavy atom. The number of fused-ring (bicyclic) bond motifs is 6. The highest BCUT2D eigenvalue weighted by Gasteiger charge is 2.51. The fourth-order valence-corrected chi connectivity index (χ4v) is 6.93. The van der Waals surface area contributed by atoms with Crippen LogP contribution in [-0.4, -0.2) is 11.8 Å². The van der Waals surface area contributed by atoms with Crippen LogP contribution in [0.5, 0.6) is 0 Å². The molecule has 2 atom stereocenters. The van der Waals surface area contributed by atoms with Gasteiger partial charge in [0.25, 0.3) is 0 Å². The zero-order valence-corrected chi connectivity index (χ0v) is 20.9. The largest absolute Gasteiger partial charge is 0.374 e. The van der Waals surface area contributed by atoms with Gasteiger partial charge in [0.05, 0.1) is 11.3 Å². The van der Waals surface area contributed by atoms with E-state index in [4.69, 9.17) is 5.41 Å². The zero-order valence-electron chi connectivity index (χ0n) is 20.9. The van der Waals surface area contributed by atoms with Crippen LogP contribution in [0.15, 0.2) is 34.9 Å². The molecule has 4 heteroatoms. The highest BCUT2D eigenvalue weighted by molar-refractivity contribution is 6.07. The van der Waals surface area contributed by atoms with Crippen LogP contribution in [0.2, 0.25) is 0 Å². The molecule has 2 N–H and O–H groups in total. The maximum atomic E-state index is 13.6. The first-order chi connectivity index (χ1) is 14.9. The lowest BCUT2D eigenvalue weighted by molar-refractivity contribution is 0.271. The lowest BCUT2D eigenvalue weighted by Crippen LogP contribution is -2.45. The summed E-state index contributed by atoms with van der Waals surface area (Å²) in [7, 11) is 0. The van der Waals surface area contributed by atoms with Crippen LogP contribution in [0.3, 0.4) is 0 Å². The van der Waals surface area contributed by atoms with Gasteiger partial charge >= 0.3 is 6.09 Å². The maximum Gasteiger partial charge on any atom is 0.301 e. The fourth-order valence-electron chi connectivity index (χ4n) is 6.93. The summed E-state index contributed by atoms with van der Waals surface area (Å²) in [5, 5.41) is 11.3. The van der Waals surface area contributed by atoms with Gasteiger partial charge in [0.1, 0.15) is 0 Å². The number of nitrogens with zero attached hydrogens (tertiary/aromatic N) is 1. The van der Waals surface area contributed by atoms with Gasteiger partial charge in [-0.05, 0) is 70.4 Å². The summed E-state index contributed by atoms with van der Waals surface area (Å²) in [6.07, 6.45) is 6.14. The summed E-state index contributed by atoms with van der Waals surface area (Å²) in [6.45, 7) is 18.0. The van der Waals surface area contributed by atoms with Crippen molar-refractivity contribution in [3.8, 4) is 0 Å². The number of aliphatic imine (C=N–C) groups is 1. The van der Waals surface area contributed by atoms with Gasteiger partial charge in [0, 0.05) is 17.2 Å². The smallest absolute Gasteiger partial charge is 0.301 e. The molecule has 2 bridgehead atoms. The highest BCUT2D eigenvalue weighted by Crippen LogP contribution is 2.56. The van der Waals surface area contributed by atoms with Gasteiger partial charge in [0.15, 0.2) is 0 Å². The van der Waals surface area contributed by atoms with E-state index in [0.717, 1.165) is 30.5 Å². The van der Waals surface area contributed by atoms with E-state index in [-0.39, 0.29) is 28.2 Å². The first-order valence-electron chi connectivity index (χ1n) is 12.1. The van der Waals surface area contributed by atoms with Crippen molar-refractivity contribution in [2.45, 2.75) is 91.0 Å². The second kappa shape index (κ2) is 7.40. The second-order valence-electron chi connectivity index (χ2n) is 11.4. The van der Waals surface area contributed by atoms with Gasteiger partial charge in [-0.1, -0.05) is 67.5 Å². The maximum absolute atomic E-state index is 13.6. The Morgan fingerprint density at radius 3 is 2.25 bits per heavy atom. The molecule has 0 saturated carbocycles. The number of nitrogens with one attached hydrogen (secondary N) is 2. The molecule has 0 radical (unpaired) electrons. The molecule has 3 nitrogen and oxygen atoms in total. The van der Waals surface area contributed by atoms with Gasteiger partial charge in [-0.2, -0.15) is 4.39 Å². The third-order valence-corrected chi connectivity index (χ3v) is 8.06. The summed E-state index contributed by atoms with van der Waals surface area (Å²) >= 11 is 0.